The molecule has 0 radical (unpaired) electrons. The highest BCUT2D eigenvalue weighted by atomic mass is 15.4. The number of rotatable bonds is 2. The lowest BCUT2D eigenvalue weighted by Crippen LogP contribution is -2.59. The number of aliphatic imine (C=N–C) groups is 1. The lowest BCUT2D eigenvalue weighted by atomic mass is 9.82. The van der Waals surface area contributed by atoms with E-state index in [0.29, 0.717) is 12.0 Å². The molecule has 17 heavy (non-hydrogen) atoms. The van der Waals surface area contributed by atoms with Crippen molar-refractivity contribution in [3.8, 4) is 0 Å². The Balaban J connectivity index is 2.14. The van der Waals surface area contributed by atoms with Crippen LogP contribution in [0.1, 0.15) is 33.6 Å². The summed E-state index contributed by atoms with van der Waals surface area (Å²) in [5, 5.41) is 0. The second-order valence-corrected chi connectivity index (χ2v) is 6.19. The maximum atomic E-state index is 6.08. The Morgan fingerprint density at radius 3 is 2.82 bits per heavy atom. The zero-order valence-electron chi connectivity index (χ0n) is 11.6. The van der Waals surface area contributed by atoms with Gasteiger partial charge in [-0.15, -0.1) is 0 Å². The van der Waals surface area contributed by atoms with Gasteiger partial charge in [-0.1, -0.05) is 13.8 Å². The highest BCUT2D eigenvalue weighted by Crippen LogP contribution is 2.35. The number of hydrogen-bond donors (Lipinski definition) is 1. The van der Waals surface area contributed by atoms with E-state index in [4.69, 9.17) is 5.73 Å². The fourth-order valence-electron chi connectivity index (χ4n) is 3.10. The number of nitrogens with two attached hydrogens (primary N) is 1. The number of likely N-dealkylation sites (tertiary alicyclic amines) is 1. The highest BCUT2D eigenvalue weighted by molar-refractivity contribution is 5.81. The molecule has 1 spiro atoms. The second kappa shape index (κ2) is 4.48. The highest BCUT2D eigenvalue weighted by Gasteiger charge is 2.45. The molecule has 4 nitrogen and oxygen atoms in total. The third-order valence-corrected chi connectivity index (χ3v) is 4.29. The zero-order chi connectivity index (χ0) is 12.6. The van der Waals surface area contributed by atoms with Gasteiger partial charge in [0.25, 0.3) is 0 Å². The number of nitrogens with zero attached hydrogens (tertiary/aromatic N) is 3. The van der Waals surface area contributed by atoms with Gasteiger partial charge in [-0.2, -0.15) is 0 Å². The van der Waals surface area contributed by atoms with Crippen LogP contribution in [0.25, 0.3) is 0 Å². The van der Waals surface area contributed by atoms with Gasteiger partial charge in [0, 0.05) is 19.1 Å². The van der Waals surface area contributed by atoms with Crippen molar-refractivity contribution in [3.05, 3.63) is 0 Å². The molecular weight excluding hydrogens is 212 g/mol. The molecule has 2 rings (SSSR count). The quantitative estimate of drug-likeness (QED) is 0.784. The Labute approximate surface area is 105 Å². The smallest absolute Gasteiger partial charge is 0.191 e. The van der Waals surface area contributed by atoms with Gasteiger partial charge < -0.3 is 15.5 Å². The van der Waals surface area contributed by atoms with Crippen LogP contribution in [0.3, 0.4) is 0 Å². The van der Waals surface area contributed by atoms with E-state index in [-0.39, 0.29) is 5.54 Å². The van der Waals surface area contributed by atoms with E-state index in [1.807, 2.05) is 0 Å². The summed E-state index contributed by atoms with van der Waals surface area (Å²) in [6.45, 7) is 9.88. The molecule has 4 heteroatoms. The van der Waals surface area contributed by atoms with Crippen LogP contribution in [0.15, 0.2) is 4.99 Å². The molecule has 2 aliphatic heterocycles. The predicted molar refractivity (Wildman–Crippen MR) is 72.1 cm³/mol. The standard InChI is InChI=1S/C13H26N4/c1-10(2)8-17-12(14)15-9-13(17)5-6-16(4)11(3)7-13/h10-11H,5-9H2,1-4H3,(H2,14,15). The van der Waals surface area contributed by atoms with Crippen LogP contribution in [-0.2, 0) is 0 Å². The summed E-state index contributed by atoms with van der Waals surface area (Å²) in [5.41, 5.74) is 6.28. The van der Waals surface area contributed by atoms with Crippen LogP contribution >= 0.6 is 0 Å². The Kier molecular flexibility index (Phi) is 3.34. The molecule has 0 saturated carbocycles. The average Bonchev–Trinajstić information content (AvgIpc) is 2.53. The van der Waals surface area contributed by atoms with E-state index in [2.05, 4.69) is 42.6 Å². The van der Waals surface area contributed by atoms with Crippen molar-refractivity contribution in [1.29, 1.82) is 0 Å². The summed E-state index contributed by atoms with van der Waals surface area (Å²) >= 11 is 0. The number of guanidine groups is 1. The Hall–Kier alpha value is -0.770. The van der Waals surface area contributed by atoms with Gasteiger partial charge in [0.2, 0.25) is 0 Å². The van der Waals surface area contributed by atoms with Crippen molar-refractivity contribution in [2.45, 2.75) is 45.2 Å². The summed E-state index contributed by atoms with van der Waals surface area (Å²) < 4.78 is 0. The molecule has 1 saturated heterocycles. The van der Waals surface area contributed by atoms with Crippen LogP contribution < -0.4 is 5.73 Å². The minimum atomic E-state index is 0.209. The molecule has 2 N–H and O–H groups in total. The van der Waals surface area contributed by atoms with Gasteiger partial charge >= 0.3 is 0 Å². The molecular formula is C13H26N4. The van der Waals surface area contributed by atoms with Crippen molar-refractivity contribution >= 4 is 5.96 Å². The molecule has 0 bridgehead atoms. The first kappa shape index (κ1) is 12.7. The average molecular weight is 238 g/mol. The second-order valence-electron chi connectivity index (χ2n) is 6.19. The lowest BCUT2D eigenvalue weighted by molar-refractivity contribution is 0.0579. The van der Waals surface area contributed by atoms with Crippen LogP contribution in [0.5, 0.6) is 0 Å². The van der Waals surface area contributed by atoms with Crippen molar-refractivity contribution in [3.63, 3.8) is 0 Å². The largest absolute Gasteiger partial charge is 0.370 e. The van der Waals surface area contributed by atoms with Crippen LogP contribution in [0, 0.1) is 5.92 Å². The van der Waals surface area contributed by atoms with Crippen molar-refractivity contribution in [2.24, 2.45) is 16.6 Å². The number of hydrogen-bond acceptors (Lipinski definition) is 4. The SMILES string of the molecule is CC(C)CN1C(N)=NCC12CCN(C)C(C)C2. The molecule has 1 fully saturated rings. The van der Waals surface area contributed by atoms with Gasteiger partial charge in [-0.3, -0.25) is 4.99 Å². The van der Waals surface area contributed by atoms with E-state index in [9.17, 15) is 0 Å². The molecule has 2 unspecified atom stereocenters. The van der Waals surface area contributed by atoms with Gasteiger partial charge in [0.05, 0.1) is 12.1 Å². The first-order chi connectivity index (χ1) is 7.94. The molecule has 0 aromatic rings. The van der Waals surface area contributed by atoms with E-state index in [1.165, 1.54) is 12.8 Å². The predicted octanol–water partition coefficient (Wildman–Crippen LogP) is 1.13. The first-order valence-electron chi connectivity index (χ1n) is 6.72. The van der Waals surface area contributed by atoms with E-state index in [1.54, 1.807) is 0 Å². The maximum absolute atomic E-state index is 6.08. The molecule has 2 aliphatic rings. The number of piperidine rings is 1. The van der Waals surface area contributed by atoms with Crippen LogP contribution in [-0.4, -0.2) is 54.0 Å². The van der Waals surface area contributed by atoms with Crippen molar-refractivity contribution < 1.29 is 0 Å². The molecule has 0 amide bonds. The van der Waals surface area contributed by atoms with Crippen molar-refractivity contribution in [1.82, 2.24) is 9.80 Å². The summed E-state index contributed by atoms with van der Waals surface area (Å²) in [6.07, 6.45) is 2.37. The van der Waals surface area contributed by atoms with Crippen LogP contribution in [0.2, 0.25) is 0 Å². The minimum Gasteiger partial charge on any atom is -0.370 e. The molecule has 0 aliphatic carbocycles. The van der Waals surface area contributed by atoms with Gasteiger partial charge in [-0.05, 0) is 32.7 Å². The normalized spacial score (nSPS) is 34.8. The summed E-state index contributed by atoms with van der Waals surface area (Å²) in [7, 11) is 2.21. The van der Waals surface area contributed by atoms with Gasteiger partial charge in [0.1, 0.15) is 0 Å². The molecule has 0 aromatic heterocycles. The van der Waals surface area contributed by atoms with Crippen molar-refractivity contribution in [2.75, 3.05) is 26.7 Å². The van der Waals surface area contributed by atoms with Gasteiger partial charge in [0.15, 0.2) is 5.96 Å². The minimum absolute atomic E-state index is 0.209. The fraction of sp³-hybridized carbons (Fsp3) is 0.923. The Morgan fingerprint density at radius 1 is 1.53 bits per heavy atom. The molecule has 98 valence electrons. The van der Waals surface area contributed by atoms with Gasteiger partial charge in [-0.25, -0.2) is 0 Å². The Bertz CT molecular complexity index is 313. The molecule has 2 atom stereocenters. The fourth-order valence-corrected chi connectivity index (χ4v) is 3.10. The van der Waals surface area contributed by atoms with E-state index in [0.717, 1.165) is 25.6 Å². The lowest BCUT2D eigenvalue weighted by Gasteiger charge is -2.47. The molecule has 2 heterocycles. The summed E-state index contributed by atoms with van der Waals surface area (Å²) in [6, 6.07) is 0.625. The van der Waals surface area contributed by atoms with E-state index < -0.39 is 0 Å². The first-order valence-corrected chi connectivity index (χ1v) is 6.72. The van der Waals surface area contributed by atoms with Crippen LogP contribution in [0.4, 0.5) is 0 Å². The topological polar surface area (TPSA) is 44.9 Å². The molecule has 0 aromatic carbocycles. The third-order valence-electron chi connectivity index (χ3n) is 4.29. The monoisotopic (exact) mass is 238 g/mol. The summed E-state index contributed by atoms with van der Waals surface area (Å²) in [5.74, 6) is 1.39. The maximum Gasteiger partial charge on any atom is 0.191 e. The summed E-state index contributed by atoms with van der Waals surface area (Å²) in [4.78, 5) is 9.32. The Morgan fingerprint density at radius 2 is 2.24 bits per heavy atom. The van der Waals surface area contributed by atoms with E-state index >= 15 is 0 Å². The zero-order valence-corrected chi connectivity index (χ0v) is 11.6. The third kappa shape index (κ3) is 2.28.